The van der Waals surface area contributed by atoms with E-state index in [0.29, 0.717) is 20.4 Å². The number of imide groups is 3. The van der Waals surface area contributed by atoms with Gasteiger partial charge in [0.15, 0.2) is 0 Å². The quantitative estimate of drug-likeness (QED) is 0.357. The molecule has 13 nitrogen and oxygen atoms in total. The number of rotatable bonds is 5. The molecule has 2 aromatic heterocycles. The molecule has 2 aliphatic heterocycles. The highest BCUT2D eigenvalue weighted by Crippen LogP contribution is 2.53. The van der Waals surface area contributed by atoms with Gasteiger partial charge in [-0.3, -0.25) is 28.7 Å². The lowest BCUT2D eigenvalue weighted by Gasteiger charge is -2.30. The van der Waals surface area contributed by atoms with Crippen LogP contribution in [-0.2, 0) is 31.0 Å². The summed E-state index contributed by atoms with van der Waals surface area (Å²) in [5.41, 5.74) is 6.13. The van der Waals surface area contributed by atoms with Crippen LogP contribution in [0.25, 0.3) is 0 Å². The lowest BCUT2D eigenvalue weighted by atomic mass is 9.84. The number of nitrogens with zero attached hydrogens (tertiary/aromatic N) is 3. The number of carbonyl (C=O) groups excluding carboxylic acids is 4. The summed E-state index contributed by atoms with van der Waals surface area (Å²) in [6.07, 6.45) is 3.04. The Bertz CT molecular complexity index is 1650. The van der Waals surface area contributed by atoms with Crippen molar-refractivity contribution in [3.05, 3.63) is 68.9 Å². The zero-order valence-electron chi connectivity index (χ0n) is 19.1. The topological polar surface area (TPSA) is 205 Å². The Morgan fingerprint density at radius 2 is 1.79 bits per heavy atom. The zero-order valence-corrected chi connectivity index (χ0v) is 21.6. The fraction of sp³-hybridized carbons (Fsp3) is 0.182. The van der Waals surface area contributed by atoms with Crippen molar-refractivity contribution in [2.24, 2.45) is 16.8 Å². The zero-order chi connectivity index (χ0) is 27.4. The number of nitrogens with two attached hydrogens (primary N) is 2. The molecule has 2 aliphatic rings. The second kappa shape index (κ2) is 9.46. The van der Waals surface area contributed by atoms with Gasteiger partial charge in [-0.2, -0.15) is 4.90 Å². The molecule has 16 heteroatoms. The van der Waals surface area contributed by atoms with Crippen LogP contribution in [0.4, 0.5) is 10.5 Å². The van der Waals surface area contributed by atoms with E-state index in [4.69, 9.17) is 10.9 Å². The van der Waals surface area contributed by atoms with Crippen LogP contribution in [0.5, 0.6) is 0 Å². The molecule has 0 spiro atoms. The predicted octanol–water partition coefficient (Wildman–Crippen LogP) is 0.261. The third-order valence-electron chi connectivity index (χ3n) is 6.08. The van der Waals surface area contributed by atoms with Gasteiger partial charge >= 0.3 is 10.9 Å². The van der Waals surface area contributed by atoms with E-state index in [9.17, 15) is 32.4 Å². The number of thioether (sulfide) groups is 1. The van der Waals surface area contributed by atoms with Crippen molar-refractivity contribution >= 4 is 62.6 Å². The van der Waals surface area contributed by atoms with Crippen LogP contribution in [-0.4, -0.2) is 51.9 Å². The first-order valence-corrected chi connectivity index (χ1v) is 14.1. The molecule has 0 bridgehead atoms. The van der Waals surface area contributed by atoms with Gasteiger partial charge in [-0.15, -0.1) is 0 Å². The summed E-state index contributed by atoms with van der Waals surface area (Å²) in [6.45, 7) is -0.423. The first kappa shape index (κ1) is 25.8. The summed E-state index contributed by atoms with van der Waals surface area (Å²) in [6, 6.07) is 7.31. The van der Waals surface area contributed by atoms with Gasteiger partial charge in [0.05, 0.1) is 15.8 Å². The molecule has 5 amide bonds. The Balaban J connectivity index is 1.50. The van der Waals surface area contributed by atoms with Gasteiger partial charge in [-0.05, 0) is 35.9 Å². The summed E-state index contributed by atoms with van der Waals surface area (Å²) in [5, 5.41) is 6.94. The average molecular weight is 575 g/mol. The molecule has 1 saturated heterocycles. The molecule has 4 heterocycles. The minimum atomic E-state index is -3.91. The van der Waals surface area contributed by atoms with E-state index in [2.05, 4.69) is 10.3 Å². The fourth-order valence-corrected chi connectivity index (χ4v) is 7.75. The molecular weight excluding hydrogens is 556 g/mol. The molecule has 0 aliphatic carbocycles. The van der Waals surface area contributed by atoms with E-state index >= 15 is 0 Å². The molecule has 0 radical (unpaired) electrons. The van der Waals surface area contributed by atoms with Crippen LogP contribution in [0.3, 0.4) is 0 Å². The van der Waals surface area contributed by atoms with Crippen LogP contribution >= 0.6 is 23.1 Å². The maximum Gasteiger partial charge on any atom is 0.328 e. The maximum absolute atomic E-state index is 13.1. The van der Waals surface area contributed by atoms with Crippen molar-refractivity contribution in [2.45, 2.75) is 27.6 Å². The normalized spacial score (nSPS) is 20.7. The number of pyridine rings is 1. The number of primary amides is 1. The highest BCUT2D eigenvalue weighted by Gasteiger charge is 2.57. The predicted molar refractivity (Wildman–Crippen MR) is 136 cm³/mol. The number of hydrogen-bond acceptors (Lipinski definition) is 10. The molecule has 1 fully saturated rings. The van der Waals surface area contributed by atoms with Crippen LogP contribution in [0.15, 0.2) is 63.5 Å². The van der Waals surface area contributed by atoms with Gasteiger partial charge in [0, 0.05) is 28.9 Å². The second-order valence-electron chi connectivity index (χ2n) is 8.42. The number of sulfonamides is 1. The molecule has 3 aromatic rings. The third-order valence-corrected chi connectivity index (χ3v) is 9.61. The minimum absolute atomic E-state index is 0.133. The molecule has 5 rings (SSSR count). The number of anilines is 1. The number of aromatic nitrogens is 2. The molecule has 0 saturated carbocycles. The highest BCUT2D eigenvalue weighted by molar-refractivity contribution is 8.00. The van der Waals surface area contributed by atoms with E-state index in [-0.39, 0.29) is 10.6 Å². The standard InChI is InChI=1S/C22H18N6O7S3/c23-21(32)28-18(30)15-14(10-2-1-7-25-8-10)17-20(36-16(15)19(28)31)27(22(33)37-17)9-13(29)26-11-3-5-12(6-4-11)38(24,34)35/h1-8,14-16H,9H2,(H2,23,32)(H,26,29)(H2,24,34,35). The van der Waals surface area contributed by atoms with E-state index in [1.807, 2.05) is 0 Å². The lowest BCUT2D eigenvalue weighted by Crippen LogP contribution is -2.41. The van der Waals surface area contributed by atoms with E-state index < -0.39 is 62.3 Å². The van der Waals surface area contributed by atoms with Crippen molar-refractivity contribution in [3.8, 4) is 0 Å². The Morgan fingerprint density at radius 3 is 2.39 bits per heavy atom. The van der Waals surface area contributed by atoms with E-state index in [0.717, 1.165) is 23.1 Å². The van der Waals surface area contributed by atoms with Gasteiger partial charge in [0.1, 0.15) is 11.8 Å². The number of primary sulfonamides is 1. The van der Waals surface area contributed by atoms with Crippen molar-refractivity contribution < 1.29 is 27.6 Å². The number of likely N-dealkylation sites (tertiary alicyclic amines) is 1. The van der Waals surface area contributed by atoms with Crippen molar-refractivity contribution in [2.75, 3.05) is 5.32 Å². The molecule has 196 valence electrons. The van der Waals surface area contributed by atoms with E-state index in [1.165, 1.54) is 41.2 Å². The lowest BCUT2D eigenvalue weighted by molar-refractivity contribution is -0.135. The first-order chi connectivity index (χ1) is 18.0. The number of urea groups is 1. The van der Waals surface area contributed by atoms with Crippen LogP contribution in [0.1, 0.15) is 16.4 Å². The molecule has 3 atom stereocenters. The van der Waals surface area contributed by atoms with E-state index in [1.54, 1.807) is 12.1 Å². The van der Waals surface area contributed by atoms with Crippen molar-refractivity contribution in [1.82, 2.24) is 14.5 Å². The highest BCUT2D eigenvalue weighted by atomic mass is 32.2. The molecule has 5 N–H and O–H groups in total. The number of carbonyl (C=O) groups is 4. The number of hydrogen-bond donors (Lipinski definition) is 3. The number of benzene rings is 1. The molecule has 38 heavy (non-hydrogen) atoms. The second-order valence-corrected chi connectivity index (χ2v) is 12.1. The molecular formula is C22H18N6O7S3. The van der Waals surface area contributed by atoms with Gasteiger partial charge in [0.25, 0.3) is 5.91 Å². The molecule has 3 unspecified atom stereocenters. The fourth-order valence-electron chi connectivity index (χ4n) is 4.46. The van der Waals surface area contributed by atoms with Crippen molar-refractivity contribution in [1.29, 1.82) is 0 Å². The molecule has 1 aromatic carbocycles. The van der Waals surface area contributed by atoms with Crippen molar-refractivity contribution in [3.63, 3.8) is 0 Å². The number of amides is 5. The smallest absolute Gasteiger partial charge is 0.328 e. The first-order valence-electron chi connectivity index (χ1n) is 10.9. The summed E-state index contributed by atoms with van der Waals surface area (Å²) in [4.78, 5) is 68.2. The summed E-state index contributed by atoms with van der Waals surface area (Å²) >= 11 is 1.77. The monoisotopic (exact) mass is 574 g/mol. The Morgan fingerprint density at radius 1 is 1.08 bits per heavy atom. The Kier molecular flexibility index (Phi) is 6.42. The minimum Gasteiger partial charge on any atom is -0.351 e. The summed E-state index contributed by atoms with van der Waals surface area (Å²) in [5.74, 6) is -3.90. The summed E-state index contributed by atoms with van der Waals surface area (Å²) in [7, 11) is -3.91. The average Bonchev–Trinajstić information content (AvgIpc) is 3.30. The van der Waals surface area contributed by atoms with Crippen LogP contribution in [0, 0.1) is 5.92 Å². The number of nitrogens with one attached hydrogen (secondary N) is 1. The number of fused-ring (bicyclic) bond motifs is 2. The van der Waals surface area contributed by atoms with Crippen LogP contribution < -0.4 is 21.1 Å². The maximum atomic E-state index is 13.1. The summed E-state index contributed by atoms with van der Waals surface area (Å²) < 4.78 is 24.1. The Labute approximate surface area is 222 Å². The van der Waals surface area contributed by atoms with Crippen LogP contribution in [0.2, 0.25) is 0 Å². The van der Waals surface area contributed by atoms with Gasteiger partial charge < -0.3 is 11.1 Å². The Hall–Kier alpha value is -3.86. The number of thiazole rings is 1. The third kappa shape index (κ3) is 4.40. The van der Waals surface area contributed by atoms with Gasteiger partial charge in [-0.1, -0.05) is 29.2 Å². The van der Waals surface area contributed by atoms with Gasteiger partial charge in [0.2, 0.25) is 21.8 Å². The largest absolute Gasteiger partial charge is 0.351 e. The van der Waals surface area contributed by atoms with Gasteiger partial charge in [-0.25, -0.2) is 18.4 Å². The SMILES string of the molecule is NC(=O)N1C(=O)C2Sc3c(sc(=O)n3CC(=O)Nc3ccc(S(N)(=O)=O)cc3)C(c3cccnc3)C2C1=O.